The van der Waals surface area contributed by atoms with Crippen molar-refractivity contribution < 1.29 is 19.2 Å². The molecule has 0 spiro atoms. The summed E-state index contributed by atoms with van der Waals surface area (Å²) in [7, 11) is 1.91. The smallest absolute Gasteiger partial charge is 0.262 e. The van der Waals surface area contributed by atoms with Crippen LogP contribution in [0.2, 0.25) is 0 Å². The van der Waals surface area contributed by atoms with Crippen LogP contribution in [-0.4, -0.2) is 54.2 Å². The van der Waals surface area contributed by atoms with Gasteiger partial charge in [0.25, 0.3) is 11.8 Å². The maximum absolute atomic E-state index is 12.9. The highest BCUT2D eigenvalue weighted by Gasteiger charge is 2.44. The van der Waals surface area contributed by atoms with Gasteiger partial charge in [0.1, 0.15) is 6.04 Å². The van der Waals surface area contributed by atoms with E-state index in [0.29, 0.717) is 5.92 Å². The monoisotopic (exact) mass is 386 g/mol. The first-order chi connectivity index (χ1) is 13.2. The molecule has 0 saturated carbocycles. The number of fused-ring (bicyclic) bond motifs is 1. The van der Waals surface area contributed by atoms with Gasteiger partial charge in [-0.15, -0.1) is 0 Å². The molecular weight excluding hydrogens is 360 g/mol. The number of nitrogens with two attached hydrogens (primary N) is 1. The molecule has 1 aromatic rings. The van der Waals surface area contributed by atoms with E-state index in [9.17, 15) is 19.2 Å². The largest absolute Gasteiger partial charge is 0.375 e. The number of rotatable bonds is 6. The topological polar surface area (TPSA) is 113 Å². The minimum atomic E-state index is -0.949. The molecule has 28 heavy (non-hydrogen) atoms. The number of carbonyl (C=O) groups excluding carboxylic acids is 4. The Kier molecular flexibility index (Phi) is 5.51. The minimum Gasteiger partial charge on any atom is -0.375 e. The zero-order valence-corrected chi connectivity index (χ0v) is 16.4. The number of hydrogen-bond donors (Lipinski definition) is 2. The van der Waals surface area contributed by atoms with Crippen molar-refractivity contribution >= 4 is 29.3 Å². The second-order valence-electron chi connectivity index (χ2n) is 7.80. The van der Waals surface area contributed by atoms with Gasteiger partial charge < -0.3 is 10.6 Å². The van der Waals surface area contributed by atoms with Crippen molar-refractivity contribution in [2.75, 3.05) is 18.5 Å². The first-order valence-corrected chi connectivity index (χ1v) is 9.53. The van der Waals surface area contributed by atoms with Crippen LogP contribution in [-0.2, 0) is 9.59 Å². The maximum Gasteiger partial charge on any atom is 0.262 e. The van der Waals surface area contributed by atoms with E-state index in [1.165, 1.54) is 0 Å². The summed E-state index contributed by atoms with van der Waals surface area (Å²) in [4.78, 5) is 52.0. The van der Waals surface area contributed by atoms with E-state index < -0.39 is 23.8 Å². The average molecular weight is 386 g/mol. The molecule has 0 radical (unpaired) electrons. The Balaban J connectivity index is 1.78. The van der Waals surface area contributed by atoms with E-state index in [0.717, 1.165) is 23.6 Å². The lowest BCUT2D eigenvalue weighted by atomic mass is 10.0. The third kappa shape index (κ3) is 3.64. The first-order valence-electron chi connectivity index (χ1n) is 9.53. The van der Waals surface area contributed by atoms with Crippen LogP contribution in [0.5, 0.6) is 0 Å². The molecule has 4 amide bonds. The van der Waals surface area contributed by atoms with Crippen LogP contribution in [0.4, 0.5) is 5.69 Å². The number of benzene rings is 1. The summed E-state index contributed by atoms with van der Waals surface area (Å²) in [6, 6.07) is 4.23. The Labute approximate surface area is 164 Å². The van der Waals surface area contributed by atoms with E-state index in [1.807, 2.05) is 11.9 Å². The molecule has 0 aromatic heterocycles. The van der Waals surface area contributed by atoms with Crippen LogP contribution in [0.3, 0.4) is 0 Å². The Bertz CT molecular complexity index is 835. The highest BCUT2D eigenvalue weighted by atomic mass is 16.2. The van der Waals surface area contributed by atoms with Crippen molar-refractivity contribution in [1.29, 1.82) is 0 Å². The lowest BCUT2D eigenvalue weighted by Crippen LogP contribution is -2.54. The second-order valence-corrected chi connectivity index (χ2v) is 7.80. The number of piperidine rings is 1. The van der Waals surface area contributed by atoms with Crippen LogP contribution in [0, 0.1) is 5.92 Å². The van der Waals surface area contributed by atoms with Gasteiger partial charge in [-0.1, -0.05) is 13.8 Å². The summed E-state index contributed by atoms with van der Waals surface area (Å²) in [5.74, 6) is -1.60. The van der Waals surface area contributed by atoms with E-state index in [4.69, 9.17) is 5.73 Å². The SMILES string of the molecule is CC(C)C(N)CCN(C)c1ccc2c(c1)C(=O)N(C1CCC(=O)NC1=O)C2=O. The zero-order chi connectivity index (χ0) is 20.6. The summed E-state index contributed by atoms with van der Waals surface area (Å²) in [5, 5.41) is 2.20. The number of anilines is 1. The number of hydrogen-bond acceptors (Lipinski definition) is 6. The van der Waals surface area contributed by atoms with Crippen LogP contribution >= 0.6 is 0 Å². The summed E-state index contributed by atoms with van der Waals surface area (Å²) >= 11 is 0. The van der Waals surface area contributed by atoms with Gasteiger partial charge in [0, 0.05) is 31.7 Å². The van der Waals surface area contributed by atoms with Gasteiger partial charge >= 0.3 is 0 Å². The Hall–Kier alpha value is -2.74. The zero-order valence-electron chi connectivity index (χ0n) is 16.4. The van der Waals surface area contributed by atoms with Crippen molar-refractivity contribution in [2.24, 2.45) is 11.7 Å². The fourth-order valence-electron chi connectivity index (χ4n) is 3.50. The van der Waals surface area contributed by atoms with Gasteiger partial charge in [0.2, 0.25) is 11.8 Å². The van der Waals surface area contributed by atoms with Crippen molar-refractivity contribution in [3.8, 4) is 0 Å². The maximum atomic E-state index is 12.9. The lowest BCUT2D eigenvalue weighted by molar-refractivity contribution is -0.136. The molecule has 1 saturated heterocycles. The van der Waals surface area contributed by atoms with Gasteiger partial charge in [0.15, 0.2) is 0 Å². The fraction of sp³-hybridized carbons (Fsp3) is 0.500. The molecule has 8 nitrogen and oxygen atoms in total. The molecule has 2 unspecified atom stereocenters. The molecule has 3 N–H and O–H groups in total. The standard InChI is InChI=1S/C20H26N4O4/c1-11(2)15(21)8-9-23(3)12-4-5-13-14(10-12)20(28)24(19(13)27)16-6-7-17(25)22-18(16)26/h4-5,10-11,15-16H,6-9,21H2,1-3H3,(H,22,25,26). The van der Waals surface area contributed by atoms with Gasteiger partial charge in [-0.25, -0.2) is 0 Å². The number of carbonyl (C=O) groups is 4. The van der Waals surface area contributed by atoms with E-state index in [-0.39, 0.29) is 35.9 Å². The number of amides is 4. The third-order valence-corrected chi connectivity index (χ3v) is 5.52. The molecule has 0 aliphatic carbocycles. The first kappa shape index (κ1) is 20.0. The van der Waals surface area contributed by atoms with Gasteiger partial charge in [-0.05, 0) is 37.0 Å². The summed E-state index contributed by atoms with van der Waals surface area (Å²) in [6.45, 7) is 4.87. The lowest BCUT2D eigenvalue weighted by Gasteiger charge is -2.27. The van der Waals surface area contributed by atoms with Crippen molar-refractivity contribution in [2.45, 2.75) is 45.2 Å². The quantitative estimate of drug-likeness (QED) is 0.703. The fourth-order valence-corrected chi connectivity index (χ4v) is 3.50. The predicted molar refractivity (Wildman–Crippen MR) is 104 cm³/mol. The number of nitrogens with one attached hydrogen (secondary N) is 1. The van der Waals surface area contributed by atoms with Gasteiger partial charge in [0.05, 0.1) is 11.1 Å². The Morgan fingerprint density at radius 1 is 1.18 bits per heavy atom. The second kappa shape index (κ2) is 7.71. The van der Waals surface area contributed by atoms with Gasteiger partial charge in [-0.2, -0.15) is 0 Å². The van der Waals surface area contributed by atoms with E-state index in [1.54, 1.807) is 18.2 Å². The molecule has 8 heteroatoms. The minimum absolute atomic E-state index is 0.0862. The van der Waals surface area contributed by atoms with Gasteiger partial charge in [-0.3, -0.25) is 29.4 Å². The van der Waals surface area contributed by atoms with Crippen LogP contribution in [0.1, 0.15) is 53.8 Å². The average Bonchev–Trinajstić information content (AvgIpc) is 2.90. The van der Waals surface area contributed by atoms with E-state index >= 15 is 0 Å². The summed E-state index contributed by atoms with van der Waals surface area (Å²) in [6.07, 6.45) is 1.06. The summed E-state index contributed by atoms with van der Waals surface area (Å²) in [5.41, 5.74) is 7.48. The summed E-state index contributed by atoms with van der Waals surface area (Å²) < 4.78 is 0. The highest BCUT2D eigenvalue weighted by Crippen LogP contribution is 2.30. The molecule has 1 aromatic carbocycles. The van der Waals surface area contributed by atoms with Crippen LogP contribution in [0.25, 0.3) is 0 Å². The van der Waals surface area contributed by atoms with Crippen LogP contribution < -0.4 is 16.0 Å². The predicted octanol–water partition coefficient (Wildman–Crippen LogP) is 0.897. The molecule has 2 heterocycles. The third-order valence-electron chi connectivity index (χ3n) is 5.52. The highest BCUT2D eigenvalue weighted by molar-refractivity contribution is 6.23. The number of nitrogens with zero attached hydrogens (tertiary/aromatic N) is 2. The van der Waals surface area contributed by atoms with Crippen LogP contribution in [0.15, 0.2) is 18.2 Å². The number of imide groups is 2. The molecule has 3 rings (SSSR count). The van der Waals surface area contributed by atoms with E-state index in [2.05, 4.69) is 19.2 Å². The van der Waals surface area contributed by atoms with Crippen molar-refractivity contribution in [1.82, 2.24) is 10.2 Å². The molecule has 2 atom stereocenters. The Morgan fingerprint density at radius 2 is 1.86 bits per heavy atom. The Morgan fingerprint density at radius 3 is 2.50 bits per heavy atom. The molecule has 2 aliphatic rings. The molecular formula is C20H26N4O4. The molecule has 150 valence electrons. The molecule has 2 aliphatic heterocycles. The van der Waals surface area contributed by atoms with Crippen molar-refractivity contribution in [3.63, 3.8) is 0 Å². The molecule has 1 fully saturated rings. The van der Waals surface area contributed by atoms with Crippen molar-refractivity contribution in [3.05, 3.63) is 29.3 Å². The normalized spacial score (nSPS) is 20.5. The molecule has 0 bridgehead atoms.